The predicted octanol–water partition coefficient (Wildman–Crippen LogP) is 1.78. The normalized spacial score (nSPS) is 10.2. The molecule has 1 aromatic heterocycles. The summed E-state index contributed by atoms with van der Waals surface area (Å²) in [6, 6.07) is 1.76. The van der Waals surface area contributed by atoms with Crippen LogP contribution in [0.3, 0.4) is 0 Å². The zero-order valence-electron chi connectivity index (χ0n) is 6.70. The maximum atomic E-state index is 10.1. The van der Waals surface area contributed by atoms with Gasteiger partial charge in [-0.3, -0.25) is 4.79 Å². The number of hydrogen-bond acceptors (Lipinski definition) is 2. The lowest BCUT2D eigenvalue weighted by atomic mass is 10.3. The van der Waals surface area contributed by atoms with E-state index in [1.807, 2.05) is 0 Å². The monoisotopic (exact) mass is 160 g/mol. The molecule has 1 aromatic rings. The maximum Gasteiger partial charge on any atom is 0.146 e. The van der Waals surface area contributed by atoms with Gasteiger partial charge >= 0.3 is 0 Å². The summed E-state index contributed by atoms with van der Waals surface area (Å²) < 4.78 is 4.81. The number of aldehydes is 1. The van der Waals surface area contributed by atoms with Crippen molar-refractivity contribution in [2.45, 2.75) is 6.92 Å². The summed E-state index contributed by atoms with van der Waals surface area (Å²) in [7, 11) is 0. The van der Waals surface area contributed by atoms with E-state index >= 15 is 0 Å². The molecule has 0 amide bonds. The minimum Gasteiger partial charge on any atom is -0.471 e. The molecule has 0 saturated heterocycles. The van der Waals surface area contributed by atoms with Crippen molar-refractivity contribution in [2.75, 3.05) is 0 Å². The highest BCUT2D eigenvalue weighted by atomic mass is 16.3. The van der Waals surface area contributed by atoms with Crippen LogP contribution in [-0.4, -0.2) is 6.29 Å². The molecule has 0 aromatic carbocycles. The predicted molar refractivity (Wildman–Crippen MR) is 45.4 cm³/mol. The van der Waals surface area contributed by atoms with Crippen molar-refractivity contribution in [1.82, 2.24) is 0 Å². The van der Waals surface area contributed by atoms with Gasteiger partial charge in [0.05, 0.1) is 11.8 Å². The molecule has 1 rings (SSSR count). The number of furan rings is 1. The summed E-state index contributed by atoms with van der Waals surface area (Å²) in [4.78, 5) is 10.1. The Labute approximate surface area is 70.9 Å². The van der Waals surface area contributed by atoms with Gasteiger partial charge in [0.1, 0.15) is 12.5 Å². The second kappa shape index (κ2) is 4.20. The molecule has 0 aliphatic rings. The van der Waals surface area contributed by atoms with Gasteiger partial charge < -0.3 is 4.42 Å². The Morgan fingerprint density at radius 3 is 3.08 bits per heavy atom. The largest absolute Gasteiger partial charge is 0.471 e. The number of carbonyl (C=O) groups excluding carboxylic acids is 1. The molecule has 2 heteroatoms. The average molecular weight is 160 g/mol. The van der Waals surface area contributed by atoms with E-state index in [0.29, 0.717) is 5.57 Å². The van der Waals surface area contributed by atoms with E-state index in [-0.39, 0.29) is 0 Å². The lowest BCUT2D eigenvalue weighted by Gasteiger charge is -1.76. The van der Waals surface area contributed by atoms with Gasteiger partial charge in [-0.2, -0.15) is 0 Å². The van der Waals surface area contributed by atoms with Crippen molar-refractivity contribution in [3.05, 3.63) is 35.8 Å². The highest BCUT2D eigenvalue weighted by Gasteiger charge is 1.83. The Morgan fingerprint density at radius 2 is 2.50 bits per heavy atom. The van der Waals surface area contributed by atoms with Crippen LogP contribution in [0.15, 0.2) is 34.7 Å². The second-order valence-electron chi connectivity index (χ2n) is 2.29. The standard InChI is InChI=1S/C10H8O2/c1-9(7-11)3-2-4-10-5-6-12-8-10/h3,5-8H,1H3/b9-3+. The summed E-state index contributed by atoms with van der Waals surface area (Å²) in [5.41, 5.74) is 1.43. The summed E-state index contributed by atoms with van der Waals surface area (Å²) >= 11 is 0. The minimum absolute atomic E-state index is 0.617. The first-order valence-electron chi connectivity index (χ1n) is 3.48. The Morgan fingerprint density at radius 1 is 1.67 bits per heavy atom. The molecule has 0 saturated carbocycles. The fraction of sp³-hybridized carbons (Fsp3) is 0.100. The van der Waals surface area contributed by atoms with Gasteiger partial charge in [-0.25, -0.2) is 0 Å². The summed E-state index contributed by atoms with van der Waals surface area (Å²) in [6.45, 7) is 1.71. The molecule has 2 nitrogen and oxygen atoms in total. The van der Waals surface area contributed by atoms with Gasteiger partial charge in [0.15, 0.2) is 0 Å². The Balaban J connectivity index is 2.67. The van der Waals surface area contributed by atoms with Crippen LogP contribution in [0, 0.1) is 11.8 Å². The molecule has 12 heavy (non-hydrogen) atoms. The van der Waals surface area contributed by atoms with Crippen molar-refractivity contribution < 1.29 is 9.21 Å². The fourth-order valence-corrected chi connectivity index (χ4v) is 0.603. The van der Waals surface area contributed by atoms with Crippen molar-refractivity contribution in [1.29, 1.82) is 0 Å². The Bertz CT molecular complexity index is 334. The molecule has 0 bridgehead atoms. The topological polar surface area (TPSA) is 30.2 Å². The van der Waals surface area contributed by atoms with E-state index in [9.17, 15) is 4.79 Å². The molecule has 0 N–H and O–H groups in total. The van der Waals surface area contributed by atoms with Crippen LogP contribution < -0.4 is 0 Å². The number of rotatable bonds is 1. The summed E-state index contributed by atoms with van der Waals surface area (Å²) in [6.07, 6.45) is 5.45. The number of hydrogen-bond donors (Lipinski definition) is 0. The van der Waals surface area contributed by atoms with Crippen LogP contribution in [-0.2, 0) is 4.79 Å². The van der Waals surface area contributed by atoms with Crippen molar-refractivity contribution >= 4 is 6.29 Å². The van der Waals surface area contributed by atoms with Crippen LogP contribution in [0.4, 0.5) is 0 Å². The van der Waals surface area contributed by atoms with Gasteiger partial charge in [-0.15, -0.1) is 0 Å². The number of allylic oxidation sites excluding steroid dienone is 2. The molecular formula is C10H8O2. The highest BCUT2D eigenvalue weighted by Crippen LogP contribution is 1.96. The quantitative estimate of drug-likeness (QED) is 0.356. The minimum atomic E-state index is 0.617. The third-order valence-corrected chi connectivity index (χ3v) is 1.22. The molecule has 1 heterocycles. The van der Waals surface area contributed by atoms with E-state index in [2.05, 4.69) is 11.8 Å². The summed E-state index contributed by atoms with van der Waals surface area (Å²) in [5, 5.41) is 0. The van der Waals surface area contributed by atoms with Crippen LogP contribution in [0.25, 0.3) is 0 Å². The Kier molecular flexibility index (Phi) is 2.92. The molecule has 0 atom stereocenters. The first kappa shape index (κ1) is 8.35. The SMILES string of the molecule is C/C(C=O)=C\C#Cc1ccoc1. The maximum absolute atomic E-state index is 10.1. The summed E-state index contributed by atoms with van der Waals surface area (Å²) in [5.74, 6) is 5.55. The first-order chi connectivity index (χ1) is 5.83. The lowest BCUT2D eigenvalue weighted by Crippen LogP contribution is -1.72. The van der Waals surface area contributed by atoms with Crippen molar-refractivity contribution in [2.24, 2.45) is 0 Å². The molecular weight excluding hydrogens is 152 g/mol. The van der Waals surface area contributed by atoms with E-state index in [1.165, 1.54) is 0 Å². The van der Waals surface area contributed by atoms with Crippen LogP contribution in [0.1, 0.15) is 12.5 Å². The molecule has 0 radical (unpaired) electrons. The smallest absolute Gasteiger partial charge is 0.146 e. The molecule has 0 aliphatic heterocycles. The van der Waals surface area contributed by atoms with E-state index in [4.69, 9.17) is 4.42 Å². The molecule has 60 valence electrons. The third-order valence-electron chi connectivity index (χ3n) is 1.22. The first-order valence-corrected chi connectivity index (χ1v) is 3.48. The van der Waals surface area contributed by atoms with Gasteiger partial charge in [-0.1, -0.05) is 11.8 Å². The zero-order chi connectivity index (χ0) is 8.81. The van der Waals surface area contributed by atoms with Crippen molar-refractivity contribution in [3.63, 3.8) is 0 Å². The van der Waals surface area contributed by atoms with Crippen molar-refractivity contribution in [3.8, 4) is 11.8 Å². The van der Waals surface area contributed by atoms with Gasteiger partial charge in [0.25, 0.3) is 0 Å². The molecule has 0 aliphatic carbocycles. The van der Waals surface area contributed by atoms with Gasteiger partial charge in [0, 0.05) is 0 Å². The second-order valence-corrected chi connectivity index (χ2v) is 2.29. The van der Waals surface area contributed by atoms with E-state index in [1.54, 1.807) is 31.6 Å². The molecule has 0 fully saturated rings. The van der Waals surface area contributed by atoms with Crippen LogP contribution >= 0.6 is 0 Å². The highest BCUT2D eigenvalue weighted by molar-refractivity contribution is 5.73. The average Bonchev–Trinajstić information content (AvgIpc) is 2.57. The van der Waals surface area contributed by atoms with Crippen LogP contribution in [0.2, 0.25) is 0 Å². The van der Waals surface area contributed by atoms with Gasteiger partial charge in [-0.05, 0) is 24.6 Å². The Hall–Kier alpha value is -1.75. The fourth-order valence-electron chi connectivity index (χ4n) is 0.603. The number of carbonyl (C=O) groups is 1. The zero-order valence-corrected chi connectivity index (χ0v) is 6.70. The molecule has 0 unspecified atom stereocenters. The van der Waals surface area contributed by atoms with E-state index in [0.717, 1.165) is 11.8 Å². The van der Waals surface area contributed by atoms with Gasteiger partial charge in [0.2, 0.25) is 0 Å². The lowest BCUT2D eigenvalue weighted by molar-refractivity contribution is -0.104. The van der Waals surface area contributed by atoms with E-state index < -0.39 is 0 Å². The van der Waals surface area contributed by atoms with Crippen LogP contribution in [0.5, 0.6) is 0 Å². The third kappa shape index (κ3) is 2.47. The molecule has 0 spiro atoms.